The number of amides is 1. The molecular weight excluding hydrogens is 311 g/mol. The van der Waals surface area contributed by atoms with Gasteiger partial charge in [-0.15, -0.1) is 11.8 Å². The van der Waals surface area contributed by atoms with E-state index in [-0.39, 0.29) is 18.2 Å². The van der Waals surface area contributed by atoms with Crippen LogP contribution in [-0.4, -0.2) is 11.7 Å². The first kappa shape index (κ1) is 16.4. The Balaban J connectivity index is 1.84. The zero-order valence-corrected chi connectivity index (χ0v) is 12.4. The lowest BCUT2D eigenvalue weighted by Gasteiger charge is -2.09. The Morgan fingerprint density at radius 3 is 2.45 bits per heavy atom. The van der Waals surface area contributed by atoms with Gasteiger partial charge in [0.25, 0.3) is 0 Å². The van der Waals surface area contributed by atoms with Gasteiger partial charge in [0, 0.05) is 11.4 Å². The van der Waals surface area contributed by atoms with E-state index in [9.17, 15) is 18.0 Å². The van der Waals surface area contributed by atoms with E-state index in [0.717, 1.165) is 17.0 Å². The smallest absolute Gasteiger partial charge is 0.351 e. The molecule has 0 saturated heterocycles. The zero-order valence-electron chi connectivity index (χ0n) is 11.6. The number of rotatable bonds is 5. The second kappa shape index (κ2) is 7.35. The molecule has 0 spiro atoms. The van der Waals surface area contributed by atoms with Gasteiger partial charge in [-0.1, -0.05) is 30.3 Å². The number of thioether (sulfide) groups is 1. The number of halogens is 3. The van der Waals surface area contributed by atoms with Crippen molar-refractivity contribution in [3.8, 4) is 0 Å². The van der Waals surface area contributed by atoms with Gasteiger partial charge in [0.05, 0.1) is 11.3 Å². The highest BCUT2D eigenvalue weighted by atomic mass is 32.2. The van der Waals surface area contributed by atoms with Gasteiger partial charge in [0.1, 0.15) is 0 Å². The molecule has 0 bridgehead atoms. The number of alkyl halides is 3. The standard InChI is InChI=1S/C16H14F3NOS/c17-16(18,19)13-6-4-5-12(9-13)10-20-15(21)11-22-14-7-2-1-3-8-14/h1-9H,10-11H2,(H,20,21). The fraction of sp³-hybridized carbons (Fsp3) is 0.188. The van der Waals surface area contributed by atoms with Gasteiger partial charge in [-0.25, -0.2) is 0 Å². The molecule has 0 aliphatic rings. The molecule has 2 aromatic rings. The van der Waals surface area contributed by atoms with Crippen LogP contribution >= 0.6 is 11.8 Å². The monoisotopic (exact) mass is 325 g/mol. The highest BCUT2D eigenvalue weighted by Crippen LogP contribution is 2.29. The van der Waals surface area contributed by atoms with Crippen LogP contribution in [0, 0.1) is 0 Å². The number of carbonyl (C=O) groups is 1. The van der Waals surface area contributed by atoms with E-state index in [2.05, 4.69) is 5.32 Å². The fourth-order valence-corrected chi connectivity index (χ4v) is 2.52. The molecule has 0 aliphatic heterocycles. The molecule has 0 radical (unpaired) electrons. The molecule has 2 nitrogen and oxygen atoms in total. The number of hydrogen-bond donors (Lipinski definition) is 1. The maximum absolute atomic E-state index is 12.6. The van der Waals surface area contributed by atoms with E-state index >= 15 is 0 Å². The highest BCUT2D eigenvalue weighted by Gasteiger charge is 2.30. The van der Waals surface area contributed by atoms with Crippen molar-refractivity contribution >= 4 is 17.7 Å². The SMILES string of the molecule is O=C(CSc1ccccc1)NCc1cccc(C(F)(F)F)c1. The van der Waals surface area contributed by atoms with E-state index in [1.807, 2.05) is 30.3 Å². The van der Waals surface area contributed by atoms with Gasteiger partial charge in [0.2, 0.25) is 5.91 Å². The summed E-state index contributed by atoms with van der Waals surface area (Å²) in [5.74, 6) is 0.00875. The van der Waals surface area contributed by atoms with Crippen molar-refractivity contribution in [2.24, 2.45) is 0 Å². The summed E-state index contributed by atoms with van der Waals surface area (Å²) >= 11 is 1.38. The van der Waals surface area contributed by atoms with Crippen molar-refractivity contribution < 1.29 is 18.0 Å². The van der Waals surface area contributed by atoms with Gasteiger partial charge in [-0.3, -0.25) is 4.79 Å². The Bertz CT molecular complexity index is 629. The maximum atomic E-state index is 12.6. The predicted molar refractivity (Wildman–Crippen MR) is 80.5 cm³/mol. The Morgan fingerprint density at radius 2 is 1.77 bits per heavy atom. The Morgan fingerprint density at radius 1 is 1.05 bits per heavy atom. The van der Waals surface area contributed by atoms with E-state index in [1.54, 1.807) is 6.07 Å². The summed E-state index contributed by atoms with van der Waals surface area (Å²) in [5, 5.41) is 2.62. The summed E-state index contributed by atoms with van der Waals surface area (Å²) in [5.41, 5.74) is -0.286. The summed E-state index contributed by atoms with van der Waals surface area (Å²) in [6, 6.07) is 14.4. The van der Waals surface area contributed by atoms with Crippen molar-refractivity contribution in [1.29, 1.82) is 0 Å². The molecule has 6 heteroatoms. The first-order valence-electron chi connectivity index (χ1n) is 6.56. The predicted octanol–water partition coefficient (Wildman–Crippen LogP) is 4.11. The molecule has 0 aliphatic carbocycles. The zero-order chi connectivity index (χ0) is 16.0. The van der Waals surface area contributed by atoms with Crippen molar-refractivity contribution in [2.45, 2.75) is 17.6 Å². The van der Waals surface area contributed by atoms with Crippen LogP contribution in [0.25, 0.3) is 0 Å². The summed E-state index contributed by atoms with van der Waals surface area (Å²) in [7, 11) is 0. The average Bonchev–Trinajstić information content (AvgIpc) is 2.51. The number of carbonyl (C=O) groups excluding carboxylic acids is 1. The quantitative estimate of drug-likeness (QED) is 0.838. The van der Waals surface area contributed by atoms with Gasteiger partial charge < -0.3 is 5.32 Å². The number of nitrogens with one attached hydrogen (secondary N) is 1. The minimum Gasteiger partial charge on any atom is -0.351 e. The van der Waals surface area contributed by atoms with Crippen molar-refractivity contribution in [3.63, 3.8) is 0 Å². The lowest BCUT2D eigenvalue weighted by atomic mass is 10.1. The Hall–Kier alpha value is -1.95. The van der Waals surface area contributed by atoms with Gasteiger partial charge in [-0.05, 0) is 29.8 Å². The second-order valence-electron chi connectivity index (χ2n) is 4.58. The molecule has 2 aromatic carbocycles. The van der Waals surface area contributed by atoms with Crippen LogP contribution in [-0.2, 0) is 17.5 Å². The van der Waals surface area contributed by atoms with Crippen molar-refractivity contribution in [3.05, 3.63) is 65.7 Å². The first-order valence-corrected chi connectivity index (χ1v) is 7.54. The third-order valence-corrected chi connectivity index (χ3v) is 3.87. The topological polar surface area (TPSA) is 29.1 Å². The second-order valence-corrected chi connectivity index (χ2v) is 5.63. The molecule has 0 saturated carbocycles. The van der Waals surface area contributed by atoms with Crippen LogP contribution in [0.3, 0.4) is 0 Å². The summed E-state index contributed by atoms with van der Waals surface area (Å²) < 4.78 is 37.8. The third kappa shape index (κ3) is 5.11. The van der Waals surface area contributed by atoms with Crippen LogP contribution in [0.5, 0.6) is 0 Å². The molecule has 1 N–H and O–H groups in total. The van der Waals surface area contributed by atoms with E-state index in [1.165, 1.54) is 17.8 Å². The van der Waals surface area contributed by atoms with Crippen LogP contribution < -0.4 is 5.32 Å². The van der Waals surface area contributed by atoms with Gasteiger partial charge >= 0.3 is 6.18 Å². The lowest BCUT2D eigenvalue weighted by Crippen LogP contribution is -2.24. The maximum Gasteiger partial charge on any atom is 0.416 e. The molecule has 22 heavy (non-hydrogen) atoms. The molecule has 1 amide bonds. The van der Waals surface area contributed by atoms with E-state index in [4.69, 9.17) is 0 Å². The third-order valence-electron chi connectivity index (χ3n) is 2.86. The largest absolute Gasteiger partial charge is 0.416 e. The van der Waals surface area contributed by atoms with Crippen LogP contribution in [0.15, 0.2) is 59.5 Å². The summed E-state index contributed by atoms with van der Waals surface area (Å²) in [6.45, 7) is 0.0815. The first-order chi connectivity index (χ1) is 10.4. The number of benzene rings is 2. The van der Waals surface area contributed by atoms with Crippen molar-refractivity contribution in [1.82, 2.24) is 5.32 Å². The fourth-order valence-electron chi connectivity index (χ4n) is 1.77. The molecule has 0 unspecified atom stereocenters. The minimum atomic E-state index is -4.37. The Kier molecular flexibility index (Phi) is 5.49. The van der Waals surface area contributed by atoms with Crippen LogP contribution in [0.2, 0.25) is 0 Å². The molecule has 116 valence electrons. The van der Waals surface area contributed by atoms with E-state index in [0.29, 0.717) is 5.56 Å². The highest BCUT2D eigenvalue weighted by molar-refractivity contribution is 8.00. The normalized spacial score (nSPS) is 11.2. The molecular formula is C16H14F3NOS. The van der Waals surface area contributed by atoms with Crippen LogP contribution in [0.4, 0.5) is 13.2 Å². The van der Waals surface area contributed by atoms with Gasteiger partial charge in [0.15, 0.2) is 0 Å². The number of hydrogen-bond acceptors (Lipinski definition) is 2. The van der Waals surface area contributed by atoms with Crippen molar-refractivity contribution in [2.75, 3.05) is 5.75 Å². The molecule has 0 heterocycles. The van der Waals surface area contributed by atoms with Gasteiger partial charge in [-0.2, -0.15) is 13.2 Å². The molecule has 0 aromatic heterocycles. The minimum absolute atomic E-state index is 0.0815. The molecule has 0 atom stereocenters. The van der Waals surface area contributed by atoms with Crippen LogP contribution in [0.1, 0.15) is 11.1 Å². The molecule has 0 fully saturated rings. The summed E-state index contributed by atoms with van der Waals surface area (Å²) in [4.78, 5) is 12.7. The molecule has 2 rings (SSSR count). The lowest BCUT2D eigenvalue weighted by molar-refractivity contribution is -0.137. The Labute approximate surface area is 130 Å². The van der Waals surface area contributed by atoms with E-state index < -0.39 is 11.7 Å². The average molecular weight is 325 g/mol. The summed E-state index contributed by atoms with van der Waals surface area (Å²) in [6.07, 6.45) is -4.37.